The quantitative estimate of drug-likeness (QED) is 0.625. The Balaban J connectivity index is 1.33. The molecule has 1 amide bonds. The van der Waals surface area contributed by atoms with Gasteiger partial charge in [0.1, 0.15) is 0 Å². The molecule has 1 aromatic carbocycles. The van der Waals surface area contributed by atoms with Gasteiger partial charge in [0.15, 0.2) is 11.5 Å². The van der Waals surface area contributed by atoms with Gasteiger partial charge in [-0.25, -0.2) is 0 Å². The first-order valence-electron chi connectivity index (χ1n) is 8.70. The molecule has 2 aliphatic rings. The number of amides is 1. The smallest absolute Gasteiger partial charge is 0.231 e. The van der Waals surface area contributed by atoms with Crippen LogP contribution in [0.25, 0.3) is 0 Å². The van der Waals surface area contributed by atoms with E-state index in [-0.39, 0.29) is 5.91 Å². The lowest BCUT2D eigenvalue weighted by Crippen LogP contribution is -2.35. The Hall–Kier alpha value is -1.75. The molecule has 0 atom stereocenters. The number of carbonyl (C=O) groups excluding carboxylic acids is 1. The van der Waals surface area contributed by atoms with Gasteiger partial charge in [0.2, 0.25) is 12.7 Å². The SMILES string of the molecule is O=C(CCNCc1ccc2c(c1)OCO2)NC1CCCCCC1. The zero-order chi connectivity index (χ0) is 15.9. The number of rotatable bonds is 6. The lowest BCUT2D eigenvalue weighted by Gasteiger charge is -2.16. The summed E-state index contributed by atoms with van der Waals surface area (Å²) in [5.41, 5.74) is 1.14. The van der Waals surface area contributed by atoms with E-state index in [9.17, 15) is 4.79 Å². The number of carbonyl (C=O) groups is 1. The number of ether oxygens (including phenoxy) is 2. The third-order valence-electron chi connectivity index (χ3n) is 4.52. The maximum atomic E-state index is 12.0. The second kappa shape index (κ2) is 8.20. The lowest BCUT2D eigenvalue weighted by molar-refractivity contribution is -0.121. The molecule has 1 aliphatic carbocycles. The lowest BCUT2D eigenvalue weighted by atomic mass is 10.1. The van der Waals surface area contributed by atoms with Crippen LogP contribution in [0, 0.1) is 0 Å². The van der Waals surface area contributed by atoms with Gasteiger partial charge in [-0.15, -0.1) is 0 Å². The van der Waals surface area contributed by atoms with Crippen molar-refractivity contribution in [2.45, 2.75) is 57.5 Å². The molecular formula is C18H26N2O3. The molecule has 3 rings (SSSR count). The molecule has 1 fully saturated rings. The van der Waals surface area contributed by atoms with Crippen LogP contribution in [-0.2, 0) is 11.3 Å². The van der Waals surface area contributed by atoms with Crippen LogP contribution in [0.4, 0.5) is 0 Å². The molecule has 23 heavy (non-hydrogen) atoms. The van der Waals surface area contributed by atoms with Crippen LogP contribution < -0.4 is 20.1 Å². The Kier molecular flexibility index (Phi) is 5.75. The molecule has 1 heterocycles. The van der Waals surface area contributed by atoms with Crippen molar-refractivity contribution >= 4 is 5.91 Å². The highest BCUT2D eigenvalue weighted by Gasteiger charge is 2.15. The van der Waals surface area contributed by atoms with Crippen molar-refractivity contribution in [2.75, 3.05) is 13.3 Å². The normalized spacial score (nSPS) is 17.7. The van der Waals surface area contributed by atoms with Crippen LogP contribution in [0.5, 0.6) is 11.5 Å². The van der Waals surface area contributed by atoms with E-state index in [1.54, 1.807) is 0 Å². The van der Waals surface area contributed by atoms with Gasteiger partial charge in [0.05, 0.1) is 0 Å². The van der Waals surface area contributed by atoms with Crippen LogP contribution in [-0.4, -0.2) is 25.3 Å². The summed E-state index contributed by atoms with van der Waals surface area (Å²) in [6.45, 7) is 1.72. The molecule has 0 bridgehead atoms. The summed E-state index contributed by atoms with van der Waals surface area (Å²) in [6.07, 6.45) is 7.90. The van der Waals surface area contributed by atoms with Crippen molar-refractivity contribution < 1.29 is 14.3 Å². The first-order valence-corrected chi connectivity index (χ1v) is 8.70. The fourth-order valence-electron chi connectivity index (χ4n) is 3.21. The molecule has 0 spiro atoms. The van der Waals surface area contributed by atoms with Crippen molar-refractivity contribution in [3.63, 3.8) is 0 Å². The zero-order valence-corrected chi connectivity index (χ0v) is 13.6. The molecule has 0 unspecified atom stereocenters. The molecule has 0 aromatic heterocycles. The van der Waals surface area contributed by atoms with Crippen LogP contribution in [0.2, 0.25) is 0 Å². The Morgan fingerprint density at radius 1 is 1.09 bits per heavy atom. The molecule has 1 aromatic rings. The van der Waals surface area contributed by atoms with Crippen molar-refractivity contribution in [1.29, 1.82) is 0 Å². The number of fused-ring (bicyclic) bond motifs is 1. The van der Waals surface area contributed by atoms with E-state index in [0.717, 1.165) is 36.4 Å². The third-order valence-corrected chi connectivity index (χ3v) is 4.52. The number of nitrogens with one attached hydrogen (secondary N) is 2. The number of benzene rings is 1. The second-order valence-electron chi connectivity index (χ2n) is 6.37. The van der Waals surface area contributed by atoms with Crippen LogP contribution >= 0.6 is 0 Å². The van der Waals surface area contributed by atoms with Gasteiger partial charge in [-0.05, 0) is 30.5 Å². The molecule has 0 saturated heterocycles. The minimum absolute atomic E-state index is 0.162. The average Bonchev–Trinajstić information content (AvgIpc) is 2.87. The predicted molar refractivity (Wildman–Crippen MR) is 88.5 cm³/mol. The van der Waals surface area contributed by atoms with Gasteiger partial charge in [0, 0.05) is 25.6 Å². The van der Waals surface area contributed by atoms with Crippen molar-refractivity contribution in [3.05, 3.63) is 23.8 Å². The minimum Gasteiger partial charge on any atom is -0.454 e. The van der Waals surface area contributed by atoms with Gasteiger partial charge in [0.25, 0.3) is 0 Å². The summed E-state index contributed by atoms with van der Waals surface area (Å²) < 4.78 is 10.7. The van der Waals surface area contributed by atoms with Crippen molar-refractivity contribution in [2.24, 2.45) is 0 Å². The van der Waals surface area contributed by atoms with E-state index in [2.05, 4.69) is 10.6 Å². The minimum atomic E-state index is 0.162. The zero-order valence-electron chi connectivity index (χ0n) is 13.6. The van der Waals surface area contributed by atoms with Crippen molar-refractivity contribution in [1.82, 2.24) is 10.6 Å². The molecule has 126 valence electrons. The van der Waals surface area contributed by atoms with E-state index in [1.165, 1.54) is 25.7 Å². The van der Waals surface area contributed by atoms with Gasteiger partial charge in [-0.3, -0.25) is 4.79 Å². The highest BCUT2D eigenvalue weighted by molar-refractivity contribution is 5.76. The van der Waals surface area contributed by atoms with E-state index >= 15 is 0 Å². The van der Waals surface area contributed by atoms with Crippen LogP contribution in [0.15, 0.2) is 18.2 Å². The van der Waals surface area contributed by atoms with Crippen LogP contribution in [0.1, 0.15) is 50.5 Å². The van der Waals surface area contributed by atoms with Gasteiger partial charge in [-0.1, -0.05) is 31.7 Å². The largest absolute Gasteiger partial charge is 0.454 e. The van der Waals surface area contributed by atoms with Gasteiger partial charge < -0.3 is 20.1 Å². The molecule has 2 N–H and O–H groups in total. The second-order valence-corrected chi connectivity index (χ2v) is 6.37. The van der Waals surface area contributed by atoms with E-state index in [0.29, 0.717) is 25.8 Å². The highest BCUT2D eigenvalue weighted by atomic mass is 16.7. The monoisotopic (exact) mass is 318 g/mol. The Morgan fingerprint density at radius 2 is 1.87 bits per heavy atom. The van der Waals surface area contributed by atoms with Gasteiger partial charge >= 0.3 is 0 Å². The fraction of sp³-hybridized carbons (Fsp3) is 0.611. The summed E-state index contributed by atoms with van der Waals surface area (Å²) in [7, 11) is 0. The molecule has 0 radical (unpaired) electrons. The van der Waals surface area contributed by atoms with Gasteiger partial charge in [-0.2, -0.15) is 0 Å². The molecule has 5 heteroatoms. The van der Waals surface area contributed by atoms with E-state index in [1.807, 2.05) is 18.2 Å². The summed E-state index contributed by atoms with van der Waals surface area (Å²) in [5.74, 6) is 1.77. The predicted octanol–water partition coefficient (Wildman–Crippen LogP) is 2.73. The Morgan fingerprint density at radius 3 is 2.70 bits per heavy atom. The summed E-state index contributed by atoms with van der Waals surface area (Å²) in [5, 5.41) is 6.49. The molecule has 1 aliphatic heterocycles. The maximum absolute atomic E-state index is 12.0. The van der Waals surface area contributed by atoms with Crippen molar-refractivity contribution in [3.8, 4) is 11.5 Å². The van der Waals surface area contributed by atoms with E-state index in [4.69, 9.17) is 9.47 Å². The Bertz CT molecular complexity index is 525. The maximum Gasteiger partial charge on any atom is 0.231 e. The van der Waals surface area contributed by atoms with E-state index < -0.39 is 0 Å². The Labute approximate surface area is 137 Å². The summed E-state index contributed by atoms with van der Waals surface area (Å²) in [6, 6.07) is 6.32. The average molecular weight is 318 g/mol. The first-order chi connectivity index (χ1) is 11.3. The summed E-state index contributed by atoms with van der Waals surface area (Å²) in [4.78, 5) is 12.0. The first kappa shape index (κ1) is 16.1. The van der Waals surface area contributed by atoms with Crippen LogP contribution in [0.3, 0.4) is 0 Å². The number of hydrogen-bond donors (Lipinski definition) is 2. The molecular weight excluding hydrogens is 292 g/mol. The highest BCUT2D eigenvalue weighted by Crippen LogP contribution is 2.32. The third kappa shape index (κ3) is 4.86. The fourth-order valence-corrected chi connectivity index (χ4v) is 3.21. The number of hydrogen-bond acceptors (Lipinski definition) is 4. The molecule has 1 saturated carbocycles. The topological polar surface area (TPSA) is 59.6 Å². The standard InChI is InChI=1S/C18H26N2O3/c21-18(20-15-5-3-1-2-4-6-15)9-10-19-12-14-7-8-16-17(11-14)23-13-22-16/h7-8,11,15,19H,1-6,9-10,12-13H2,(H,20,21). The molecule has 5 nitrogen and oxygen atoms in total. The summed E-state index contributed by atoms with van der Waals surface area (Å²) >= 11 is 0.